The molecule has 33 heavy (non-hydrogen) atoms. The maximum atomic E-state index is 13.3. The number of rotatable bonds is 7. The van der Waals surface area contributed by atoms with Gasteiger partial charge in [-0.15, -0.1) is 0 Å². The molecule has 174 valence electrons. The van der Waals surface area contributed by atoms with Crippen LogP contribution in [0.5, 0.6) is 0 Å². The van der Waals surface area contributed by atoms with Gasteiger partial charge in [0.25, 0.3) is 5.91 Å². The van der Waals surface area contributed by atoms with E-state index >= 15 is 0 Å². The van der Waals surface area contributed by atoms with Crippen molar-refractivity contribution in [3.63, 3.8) is 0 Å². The molecule has 3 heterocycles. The Balaban J connectivity index is 1.43. The number of hydrogen-bond donors (Lipinski definition) is 2. The number of nitrogen functional groups attached to an aromatic ring is 1. The molecule has 0 bridgehead atoms. The summed E-state index contributed by atoms with van der Waals surface area (Å²) in [5.74, 6) is 0.256. The van der Waals surface area contributed by atoms with E-state index in [0.29, 0.717) is 35.6 Å². The molecule has 1 aromatic carbocycles. The Morgan fingerprint density at radius 2 is 1.88 bits per heavy atom. The number of nitrogens with one attached hydrogen (secondary N) is 1. The van der Waals surface area contributed by atoms with E-state index in [9.17, 15) is 4.79 Å². The molecule has 8 heteroatoms. The Bertz CT molecular complexity index is 1180. The highest BCUT2D eigenvalue weighted by Crippen LogP contribution is 2.28. The second kappa shape index (κ2) is 9.89. The number of anilines is 1. The first-order chi connectivity index (χ1) is 16.2. The quantitative estimate of drug-likeness (QED) is 0.539. The van der Waals surface area contributed by atoms with Crippen molar-refractivity contribution in [2.75, 3.05) is 45.1 Å². The van der Waals surface area contributed by atoms with Gasteiger partial charge in [0.05, 0.1) is 24.2 Å². The first-order valence-electron chi connectivity index (χ1n) is 12.0. The molecule has 0 radical (unpaired) electrons. The largest absolute Gasteiger partial charge is 0.384 e. The standard InChI is InChI=1S/C25H32N6O2/c26-23-21(25(32)27-11-10-18-6-2-1-3-7-18)22-24(29-20-9-5-4-8-19(20)28-22)31(23)13-12-30-14-16-33-17-15-30/h4-6,8-9H,1-3,7,10-17,26H2,(H,27,32). The van der Waals surface area contributed by atoms with Crippen LogP contribution in [0.15, 0.2) is 35.9 Å². The summed E-state index contributed by atoms with van der Waals surface area (Å²) in [6, 6.07) is 7.73. The van der Waals surface area contributed by atoms with Crippen LogP contribution in [0.4, 0.5) is 5.82 Å². The van der Waals surface area contributed by atoms with Crippen LogP contribution in [0.25, 0.3) is 22.2 Å². The summed E-state index contributed by atoms with van der Waals surface area (Å²) in [7, 11) is 0. The van der Waals surface area contributed by atoms with E-state index in [1.807, 2.05) is 28.8 Å². The molecule has 1 aliphatic heterocycles. The van der Waals surface area contributed by atoms with Crippen molar-refractivity contribution in [1.29, 1.82) is 0 Å². The van der Waals surface area contributed by atoms with E-state index in [0.717, 1.165) is 63.1 Å². The number of hydrogen-bond acceptors (Lipinski definition) is 6. The average Bonchev–Trinajstić information content (AvgIpc) is 3.12. The zero-order valence-corrected chi connectivity index (χ0v) is 19.1. The number of allylic oxidation sites excluding steroid dienone is 1. The van der Waals surface area contributed by atoms with Gasteiger partial charge in [-0.2, -0.15) is 0 Å². The van der Waals surface area contributed by atoms with Gasteiger partial charge < -0.3 is 20.4 Å². The molecule has 0 spiro atoms. The lowest BCUT2D eigenvalue weighted by Gasteiger charge is -2.26. The van der Waals surface area contributed by atoms with Gasteiger partial charge >= 0.3 is 0 Å². The fraction of sp³-hybridized carbons (Fsp3) is 0.480. The number of para-hydroxylation sites is 2. The highest BCUT2D eigenvalue weighted by Gasteiger charge is 2.24. The van der Waals surface area contributed by atoms with Crippen molar-refractivity contribution < 1.29 is 9.53 Å². The van der Waals surface area contributed by atoms with Gasteiger partial charge in [-0.1, -0.05) is 23.8 Å². The van der Waals surface area contributed by atoms with Crippen molar-refractivity contribution in [1.82, 2.24) is 24.8 Å². The predicted octanol–water partition coefficient (Wildman–Crippen LogP) is 3.12. The van der Waals surface area contributed by atoms with Crippen LogP contribution in [0.1, 0.15) is 42.5 Å². The SMILES string of the molecule is Nc1c(C(=O)NCCC2=CCCCC2)c2nc3ccccc3nc2n1CCN1CCOCC1. The van der Waals surface area contributed by atoms with Crippen LogP contribution < -0.4 is 11.1 Å². The van der Waals surface area contributed by atoms with Gasteiger partial charge in [0, 0.05) is 32.7 Å². The van der Waals surface area contributed by atoms with Gasteiger partial charge in [0.2, 0.25) is 0 Å². The second-order valence-electron chi connectivity index (χ2n) is 8.86. The topological polar surface area (TPSA) is 98.3 Å². The fourth-order valence-electron chi connectivity index (χ4n) is 4.79. The third-order valence-corrected chi connectivity index (χ3v) is 6.68. The second-order valence-corrected chi connectivity index (χ2v) is 8.86. The summed E-state index contributed by atoms with van der Waals surface area (Å²) in [4.78, 5) is 25.3. The van der Waals surface area contributed by atoms with E-state index in [4.69, 9.17) is 20.4 Å². The molecule has 0 atom stereocenters. The Labute approximate surface area is 193 Å². The molecule has 1 amide bonds. The number of fused-ring (bicyclic) bond motifs is 2. The maximum absolute atomic E-state index is 13.3. The van der Waals surface area contributed by atoms with E-state index in [-0.39, 0.29) is 5.91 Å². The molecule has 1 aliphatic carbocycles. The number of ether oxygens (including phenoxy) is 1. The lowest BCUT2D eigenvalue weighted by atomic mass is 9.97. The van der Waals surface area contributed by atoms with Crippen LogP contribution in [-0.2, 0) is 11.3 Å². The molecular weight excluding hydrogens is 416 g/mol. The van der Waals surface area contributed by atoms with E-state index in [1.54, 1.807) is 0 Å². The fourth-order valence-corrected chi connectivity index (χ4v) is 4.79. The number of nitrogens with two attached hydrogens (primary N) is 1. The minimum absolute atomic E-state index is 0.177. The molecule has 3 aromatic rings. The number of carbonyl (C=O) groups is 1. The van der Waals surface area contributed by atoms with Crippen LogP contribution in [0.2, 0.25) is 0 Å². The van der Waals surface area contributed by atoms with Gasteiger partial charge in [-0.25, -0.2) is 9.97 Å². The third-order valence-electron chi connectivity index (χ3n) is 6.68. The monoisotopic (exact) mass is 448 g/mol. The van der Waals surface area contributed by atoms with Crippen LogP contribution in [0.3, 0.4) is 0 Å². The Kier molecular flexibility index (Phi) is 6.55. The highest BCUT2D eigenvalue weighted by atomic mass is 16.5. The van der Waals surface area contributed by atoms with E-state index in [2.05, 4.69) is 16.3 Å². The molecule has 1 saturated heterocycles. The predicted molar refractivity (Wildman–Crippen MR) is 130 cm³/mol. The summed E-state index contributed by atoms with van der Waals surface area (Å²) in [5.41, 5.74) is 11.2. The maximum Gasteiger partial charge on any atom is 0.257 e. The Morgan fingerprint density at radius 1 is 1.09 bits per heavy atom. The lowest BCUT2D eigenvalue weighted by molar-refractivity contribution is 0.0366. The van der Waals surface area contributed by atoms with E-state index < -0.39 is 0 Å². The number of nitrogens with zero attached hydrogens (tertiary/aromatic N) is 4. The minimum Gasteiger partial charge on any atom is -0.384 e. The van der Waals surface area contributed by atoms with Crippen LogP contribution in [-0.4, -0.2) is 64.7 Å². The molecule has 0 saturated carbocycles. The molecule has 3 N–H and O–H groups in total. The minimum atomic E-state index is -0.177. The number of amides is 1. The number of morpholine rings is 1. The molecule has 2 aliphatic rings. The van der Waals surface area contributed by atoms with Crippen LogP contribution >= 0.6 is 0 Å². The van der Waals surface area contributed by atoms with Gasteiger partial charge in [-0.3, -0.25) is 9.69 Å². The molecule has 5 rings (SSSR count). The molecule has 2 aromatic heterocycles. The first kappa shape index (κ1) is 21.9. The smallest absolute Gasteiger partial charge is 0.257 e. The lowest BCUT2D eigenvalue weighted by Crippen LogP contribution is -2.38. The van der Waals surface area contributed by atoms with Gasteiger partial charge in [0.1, 0.15) is 16.9 Å². The van der Waals surface area contributed by atoms with Crippen molar-refractivity contribution in [2.45, 2.75) is 38.6 Å². The summed E-state index contributed by atoms with van der Waals surface area (Å²) in [5, 5.41) is 3.08. The first-order valence-corrected chi connectivity index (χ1v) is 12.0. The normalized spacial score (nSPS) is 17.4. The van der Waals surface area contributed by atoms with Crippen LogP contribution in [0, 0.1) is 0 Å². The molecule has 1 fully saturated rings. The zero-order valence-electron chi connectivity index (χ0n) is 19.1. The number of aromatic nitrogens is 3. The summed E-state index contributed by atoms with van der Waals surface area (Å²) >= 11 is 0. The van der Waals surface area contributed by atoms with Gasteiger partial charge in [0.15, 0.2) is 5.65 Å². The number of benzene rings is 1. The van der Waals surface area contributed by atoms with Gasteiger partial charge in [-0.05, 0) is 44.2 Å². The third kappa shape index (κ3) is 4.72. The number of carbonyl (C=O) groups excluding carboxylic acids is 1. The van der Waals surface area contributed by atoms with Crippen molar-refractivity contribution >= 4 is 33.9 Å². The molecule has 8 nitrogen and oxygen atoms in total. The Morgan fingerprint density at radius 3 is 2.64 bits per heavy atom. The van der Waals surface area contributed by atoms with Crippen molar-refractivity contribution in [3.8, 4) is 0 Å². The van der Waals surface area contributed by atoms with Crippen molar-refractivity contribution in [3.05, 3.63) is 41.5 Å². The summed E-state index contributed by atoms with van der Waals surface area (Å²) < 4.78 is 7.41. The van der Waals surface area contributed by atoms with Crippen molar-refractivity contribution in [2.24, 2.45) is 0 Å². The summed E-state index contributed by atoms with van der Waals surface area (Å²) in [6.07, 6.45) is 8.00. The van der Waals surface area contributed by atoms with E-state index in [1.165, 1.54) is 18.4 Å². The summed E-state index contributed by atoms with van der Waals surface area (Å²) in [6.45, 7) is 5.36. The molecule has 0 unspecified atom stereocenters. The highest BCUT2D eigenvalue weighted by molar-refractivity contribution is 6.10. The molecular formula is C25H32N6O2. The zero-order chi connectivity index (χ0) is 22.6. The average molecular weight is 449 g/mol. The Hall–Kier alpha value is -2.97.